The summed E-state index contributed by atoms with van der Waals surface area (Å²) in [4.78, 5) is 24.4. The molecule has 7 heteroatoms. The van der Waals surface area contributed by atoms with Crippen LogP contribution in [0.15, 0.2) is 18.2 Å². The molecule has 114 valence electrons. The van der Waals surface area contributed by atoms with Gasteiger partial charge >= 0.3 is 0 Å². The predicted octanol–water partition coefficient (Wildman–Crippen LogP) is 2.46. The number of amides is 1. The third-order valence-corrected chi connectivity index (χ3v) is 4.53. The highest BCUT2D eigenvalue weighted by atomic mass is 35.5. The summed E-state index contributed by atoms with van der Waals surface area (Å²) in [5.74, 6) is -0.303. The van der Waals surface area contributed by atoms with Gasteiger partial charge in [0.15, 0.2) is 0 Å². The largest absolute Gasteiger partial charge is 0.350 e. The number of nitro groups is 1. The van der Waals surface area contributed by atoms with Gasteiger partial charge in [0.25, 0.3) is 11.6 Å². The smallest absolute Gasteiger partial charge is 0.270 e. The molecule has 1 aromatic carbocycles. The van der Waals surface area contributed by atoms with E-state index in [1.165, 1.54) is 18.2 Å². The van der Waals surface area contributed by atoms with Gasteiger partial charge in [-0.15, -0.1) is 0 Å². The summed E-state index contributed by atoms with van der Waals surface area (Å²) >= 11 is 5.95. The van der Waals surface area contributed by atoms with E-state index in [9.17, 15) is 14.9 Å². The first-order valence-corrected chi connectivity index (χ1v) is 7.13. The lowest BCUT2D eigenvalue weighted by Crippen LogP contribution is -2.57. The number of carbonyl (C=O) groups excluding carboxylic acids is 1. The van der Waals surface area contributed by atoms with Crippen molar-refractivity contribution < 1.29 is 9.72 Å². The Labute approximate surface area is 128 Å². The van der Waals surface area contributed by atoms with Gasteiger partial charge in [-0.2, -0.15) is 0 Å². The van der Waals surface area contributed by atoms with Crippen molar-refractivity contribution in [2.75, 3.05) is 20.6 Å². The second-order valence-electron chi connectivity index (χ2n) is 5.58. The molecule has 1 N–H and O–H groups in total. The number of nitro benzene ring substituents is 1. The number of hydrogen-bond acceptors (Lipinski definition) is 4. The summed E-state index contributed by atoms with van der Waals surface area (Å²) in [6, 6.07) is 3.87. The Morgan fingerprint density at radius 1 is 1.48 bits per heavy atom. The van der Waals surface area contributed by atoms with E-state index >= 15 is 0 Å². The van der Waals surface area contributed by atoms with Gasteiger partial charge in [-0.25, -0.2) is 0 Å². The minimum Gasteiger partial charge on any atom is -0.350 e. The second-order valence-corrected chi connectivity index (χ2v) is 5.98. The Morgan fingerprint density at radius 2 is 2.14 bits per heavy atom. The molecule has 0 bridgehead atoms. The summed E-state index contributed by atoms with van der Waals surface area (Å²) in [6.07, 6.45) is 3.26. The molecule has 0 heterocycles. The van der Waals surface area contributed by atoms with Crippen LogP contribution in [0.25, 0.3) is 0 Å². The van der Waals surface area contributed by atoms with Crippen LogP contribution >= 0.6 is 11.6 Å². The van der Waals surface area contributed by atoms with Gasteiger partial charge in [0.2, 0.25) is 0 Å². The van der Waals surface area contributed by atoms with Gasteiger partial charge in [-0.1, -0.05) is 11.6 Å². The zero-order chi connectivity index (χ0) is 15.6. The van der Waals surface area contributed by atoms with E-state index in [0.717, 1.165) is 19.3 Å². The van der Waals surface area contributed by atoms with Gasteiger partial charge < -0.3 is 10.2 Å². The Hall–Kier alpha value is -1.66. The lowest BCUT2D eigenvalue weighted by Gasteiger charge is -2.47. The van der Waals surface area contributed by atoms with Crippen molar-refractivity contribution in [2.24, 2.45) is 0 Å². The molecule has 0 unspecified atom stereocenters. The molecule has 6 nitrogen and oxygen atoms in total. The number of nitrogens with one attached hydrogen (secondary N) is 1. The number of likely N-dealkylation sites (N-methyl/N-ethyl adjacent to an activating group) is 1. The summed E-state index contributed by atoms with van der Waals surface area (Å²) in [7, 11) is 4.01. The number of hydrogen-bond donors (Lipinski definition) is 1. The van der Waals surface area contributed by atoms with E-state index in [1.54, 1.807) is 0 Å². The molecular weight excluding hydrogens is 294 g/mol. The second kappa shape index (κ2) is 5.99. The van der Waals surface area contributed by atoms with Gasteiger partial charge in [-0.3, -0.25) is 14.9 Å². The highest BCUT2D eigenvalue weighted by Gasteiger charge is 2.39. The number of non-ortho nitro benzene ring substituents is 1. The van der Waals surface area contributed by atoms with Crippen LogP contribution in [0.2, 0.25) is 5.02 Å². The normalized spacial score (nSPS) is 16.4. The Morgan fingerprint density at radius 3 is 2.57 bits per heavy atom. The Balaban J connectivity index is 2.05. The van der Waals surface area contributed by atoms with Gasteiger partial charge in [-0.05, 0) is 39.4 Å². The molecule has 0 spiro atoms. The molecule has 0 saturated heterocycles. The Bertz CT molecular complexity index is 571. The summed E-state index contributed by atoms with van der Waals surface area (Å²) in [5, 5.41) is 13.6. The number of halogens is 1. The maximum absolute atomic E-state index is 12.2. The highest BCUT2D eigenvalue weighted by molar-refractivity contribution is 6.34. The summed E-state index contributed by atoms with van der Waals surface area (Å²) < 4.78 is 0. The zero-order valence-electron chi connectivity index (χ0n) is 12.1. The first-order chi connectivity index (χ1) is 9.85. The van der Waals surface area contributed by atoms with E-state index in [2.05, 4.69) is 10.2 Å². The van der Waals surface area contributed by atoms with Crippen LogP contribution in [-0.2, 0) is 0 Å². The topological polar surface area (TPSA) is 75.5 Å². The quantitative estimate of drug-likeness (QED) is 0.669. The lowest BCUT2D eigenvalue weighted by molar-refractivity contribution is -0.384. The van der Waals surface area contributed by atoms with Gasteiger partial charge in [0.1, 0.15) is 0 Å². The van der Waals surface area contributed by atoms with Crippen molar-refractivity contribution in [3.05, 3.63) is 38.9 Å². The van der Waals surface area contributed by atoms with Crippen molar-refractivity contribution in [3.8, 4) is 0 Å². The minimum absolute atomic E-state index is 0.0168. The maximum atomic E-state index is 12.2. The average molecular weight is 312 g/mol. The molecule has 2 rings (SSSR count). The Kier molecular flexibility index (Phi) is 4.49. The minimum atomic E-state index is -0.539. The van der Waals surface area contributed by atoms with Crippen molar-refractivity contribution >= 4 is 23.2 Å². The van der Waals surface area contributed by atoms with Crippen LogP contribution in [0, 0.1) is 10.1 Å². The third kappa shape index (κ3) is 3.16. The molecule has 0 aliphatic heterocycles. The standard InChI is InChI=1S/C14H18ClN3O3/c1-17(2)14(6-3-7-14)9-16-13(19)11-5-4-10(18(20)21)8-12(11)15/h4-5,8H,3,6-7,9H2,1-2H3,(H,16,19). The van der Waals surface area contributed by atoms with Crippen molar-refractivity contribution in [1.29, 1.82) is 0 Å². The van der Waals surface area contributed by atoms with E-state index < -0.39 is 4.92 Å². The fourth-order valence-corrected chi connectivity index (χ4v) is 2.77. The lowest BCUT2D eigenvalue weighted by atomic mass is 9.75. The molecule has 1 fully saturated rings. The predicted molar refractivity (Wildman–Crippen MR) is 80.7 cm³/mol. The van der Waals surface area contributed by atoms with E-state index in [4.69, 9.17) is 11.6 Å². The molecule has 1 amide bonds. The number of nitrogens with zero attached hydrogens (tertiary/aromatic N) is 2. The van der Waals surface area contributed by atoms with Crippen LogP contribution in [0.3, 0.4) is 0 Å². The van der Waals surface area contributed by atoms with Crippen LogP contribution in [0.5, 0.6) is 0 Å². The first-order valence-electron chi connectivity index (χ1n) is 6.75. The molecule has 0 aromatic heterocycles. The number of carbonyl (C=O) groups is 1. The van der Waals surface area contributed by atoms with Gasteiger partial charge in [0.05, 0.1) is 15.5 Å². The van der Waals surface area contributed by atoms with Gasteiger partial charge in [0, 0.05) is 24.2 Å². The third-order valence-electron chi connectivity index (χ3n) is 4.22. The van der Waals surface area contributed by atoms with Crippen LogP contribution in [-0.4, -0.2) is 41.9 Å². The summed E-state index contributed by atoms with van der Waals surface area (Å²) in [6.45, 7) is 0.548. The first kappa shape index (κ1) is 15.7. The fourth-order valence-electron chi connectivity index (χ4n) is 2.51. The molecule has 0 atom stereocenters. The van der Waals surface area contributed by atoms with Crippen LogP contribution in [0.1, 0.15) is 29.6 Å². The van der Waals surface area contributed by atoms with E-state index in [-0.39, 0.29) is 27.7 Å². The van der Waals surface area contributed by atoms with Crippen LogP contribution in [0.4, 0.5) is 5.69 Å². The highest BCUT2D eigenvalue weighted by Crippen LogP contribution is 2.35. The maximum Gasteiger partial charge on any atom is 0.270 e. The SMILES string of the molecule is CN(C)C1(CNC(=O)c2ccc([N+](=O)[O-])cc2Cl)CCC1. The monoisotopic (exact) mass is 311 g/mol. The van der Waals surface area contributed by atoms with Crippen molar-refractivity contribution in [3.63, 3.8) is 0 Å². The number of benzene rings is 1. The number of rotatable bonds is 5. The molecule has 1 aromatic rings. The molecule has 1 aliphatic rings. The summed E-state index contributed by atoms with van der Waals surface area (Å²) in [5.41, 5.74) is 0.152. The van der Waals surface area contributed by atoms with E-state index in [1.807, 2.05) is 14.1 Å². The molecular formula is C14H18ClN3O3. The molecule has 21 heavy (non-hydrogen) atoms. The van der Waals surface area contributed by atoms with Crippen molar-refractivity contribution in [2.45, 2.75) is 24.8 Å². The molecule has 0 radical (unpaired) electrons. The average Bonchev–Trinajstić information content (AvgIpc) is 2.36. The van der Waals surface area contributed by atoms with E-state index in [0.29, 0.717) is 6.54 Å². The van der Waals surface area contributed by atoms with Crippen molar-refractivity contribution in [1.82, 2.24) is 10.2 Å². The zero-order valence-corrected chi connectivity index (χ0v) is 12.8. The molecule has 1 aliphatic carbocycles. The fraction of sp³-hybridized carbons (Fsp3) is 0.500. The van der Waals surface area contributed by atoms with Crippen LogP contribution < -0.4 is 5.32 Å². The molecule has 1 saturated carbocycles.